The maximum Gasteiger partial charge on any atom is 0.224 e. The molecule has 1 aliphatic heterocycles. The van der Waals surface area contributed by atoms with Crippen molar-refractivity contribution in [3.05, 3.63) is 54.9 Å². The van der Waals surface area contributed by atoms with Gasteiger partial charge in [-0.25, -0.2) is 0 Å². The van der Waals surface area contributed by atoms with Crippen LogP contribution in [0, 0.1) is 0 Å². The molecule has 3 aromatic heterocycles. The molecule has 1 amide bonds. The van der Waals surface area contributed by atoms with E-state index in [9.17, 15) is 4.79 Å². The van der Waals surface area contributed by atoms with E-state index in [0.717, 1.165) is 36.2 Å². The average molecular weight is 336 g/mol. The normalized spacial score (nSPS) is 17.1. The maximum atomic E-state index is 12.7. The summed E-state index contributed by atoms with van der Waals surface area (Å²) in [7, 11) is 0. The fourth-order valence-corrected chi connectivity index (χ4v) is 3.46. The van der Waals surface area contributed by atoms with Crippen LogP contribution in [0.1, 0.15) is 31.0 Å². The molecule has 0 aliphatic carbocycles. The lowest BCUT2D eigenvalue weighted by Crippen LogP contribution is -2.31. The number of aromatic nitrogens is 5. The van der Waals surface area contributed by atoms with Crippen LogP contribution in [-0.2, 0) is 11.3 Å². The van der Waals surface area contributed by atoms with E-state index in [1.165, 1.54) is 0 Å². The number of rotatable bonds is 5. The first-order chi connectivity index (χ1) is 12.3. The molecule has 7 nitrogen and oxygen atoms in total. The Hall–Kier alpha value is -2.96. The van der Waals surface area contributed by atoms with Crippen molar-refractivity contribution in [3.63, 3.8) is 0 Å². The first-order valence-corrected chi connectivity index (χ1v) is 8.53. The fourth-order valence-electron chi connectivity index (χ4n) is 3.46. The molecule has 1 aliphatic rings. The molecular weight excluding hydrogens is 316 g/mol. The van der Waals surface area contributed by atoms with Gasteiger partial charge in [0.1, 0.15) is 0 Å². The molecule has 1 unspecified atom stereocenters. The molecular formula is C18H20N6O. The second-order valence-electron chi connectivity index (χ2n) is 6.20. The second kappa shape index (κ2) is 6.88. The van der Waals surface area contributed by atoms with E-state index in [0.29, 0.717) is 13.0 Å². The predicted octanol–water partition coefficient (Wildman–Crippen LogP) is 2.42. The van der Waals surface area contributed by atoms with Gasteiger partial charge in [-0.15, -0.1) is 0 Å². The van der Waals surface area contributed by atoms with Crippen LogP contribution in [0.2, 0.25) is 0 Å². The molecule has 0 spiro atoms. The number of likely N-dealkylation sites (tertiary alicyclic amines) is 1. The summed E-state index contributed by atoms with van der Waals surface area (Å²) in [6, 6.07) is 5.85. The van der Waals surface area contributed by atoms with E-state index in [-0.39, 0.29) is 11.9 Å². The number of H-pyrrole nitrogens is 1. The smallest absolute Gasteiger partial charge is 0.224 e. The number of aryl methyl sites for hydroxylation is 1. The average Bonchev–Trinajstić information content (AvgIpc) is 3.41. The Labute approximate surface area is 145 Å². The Bertz CT molecular complexity index is 826. The quantitative estimate of drug-likeness (QED) is 0.776. The van der Waals surface area contributed by atoms with Gasteiger partial charge >= 0.3 is 0 Å². The molecule has 0 bridgehead atoms. The molecule has 1 saturated heterocycles. The van der Waals surface area contributed by atoms with Crippen LogP contribution in [0.25, 0.3) is 11.1 Å². The van der Waals surface area contributed by atoms with Gasteiger partial charge in [0.15, 0.2) is 0 Å². The SMILES string of the molecule is O=C(CCn1cccn1)N1CCCC1c1[nH]ncc1-c1ccncc1. The van der Waals surface area contributed by atoms with Gasteiger partial charge in [-0.05, 0) is 36.6 Å². The number of carbonyl (C=O) groups excluding carboxylic acids is 1. The minimum atomic E-state index is 0.0517. The number of nitrogens with one attached hydrogen (secondary N) is 1. The van der Waals surface area contributed by atoms with Crippen LogP contribution in [0.3, 0.4) is 0 Å². The van der Waals surface area contributed by atoms with Gasteiger partial charge < -0.3 is 4.90 Å². The summed E-state index contributed by atoms with van der Waals surface area (Å²) in [6.45, 7) is 1.40. The number of nitrogens with zero attached hydrogens (tertiary/aromatic N) is 5. The van der Waals surface area contributed by atoms with Crippen molar-refractivity contribution in [2.75, 3.05) is 6.54 Å². The molecule has 25 heavy (non-hydrogen) atoms. The van der Waals surface area contributed by atoms with Gasteiger partial charge in [-0.1, -0.05) is 0 Å². The third-order valence-electron chi connectivity index (χ3n) is 4.68. The summed E-state index contributed by atoms with van der Waals surface area (Å²) in [6.07, 6.45) is 11.4. The Morgan fingerprint density at radius 1 is 1.28 bits per heavy atom. The van der Waals surface area contributed by atoms with Crippen molar-refractivity contribution >= 4 is 5.91 Å². The highest BCUT2D eigenvalue weighted by molar-refractivity contribution is 5.77. The number of hydrogen-bond acceptors (Lipinski definition) is 4. The van der Waals surface area contributed by atoms with E-state index in [1.807, 2.05) is 35.5 Å². The van der Waals surface area contributed by atoms with Crippen LogP contribution < -0.4 is 0 Å². The van der Waals surface area contributed by atoms with E-state index in [1.54, 1.807) is 23.3 Å². The Morgan fingerprint density at radius 2 is 2.16 bits per heavy atom. The summed E-state index contributed by atoms with van der Waals surface area (Å²) >= 11 is 0. The third-order valence-corrected chi connectivity index (χ3v) is 4.68. The van der Waals surface area contributed by atoms with E-state index in [4.69, 9.17) is 0 Å². The third kappa shape index (κ3) is 3.17. The Kier molecular flexibility index (Phi) is 4.28. The molecule has 1 fully saturated rings. The monoisotopic (exact) mass is 336 g/mol. The summed E-state index contributed by atoms with van der Waals surface area (Å²) in [5.41, 5.74) is 3.12. The zero-order chi connectivity index (χ0) is 17.1. The molecule has 3 aromatic rings. The van der Waals surface area contributed by atoms with Crippen molar-refractivity contribution in [1.82, 2.24) is 29.9 Å². The Balaban J connectivity index is 1.52. The largest absolute Gasteiger partial charge is 0.334 e. The summed E-state index contributed by atoms with van der Waals surface area (Å²) in [4.78, 5) is 18.8. The number of aromatic amines is 1. The maximum absolute atomic E-state index is 12.7. The van der Waals surface area contributed by atoms with Gasteiger partial charge in [0, 0.05) is 49.9 Å². The second-order valence-corrected chi connectivity index (χ2v) is 6.20. The Morgan fingerprint density at radius 3 is 2.96 bits per heavy atom. The fraction of sp³-hybridized carbons (Fsp3) is 0.333. The highest BCUT2D eigenvalue weighted by Crippen LogP contribution is 2.36. The first-order valence-electron chi connectivity index (χ1n) is 8.53. The number of amides is 1. The number of carbonyl (C=O) groups is 1. The highest BCUT2D eigenvalue weighted by Gasteiger charge is 2.32. The molecule has 7 heteroatoms. The van der Waals surface area contributed by atoms with Gasteiger partial charge in [0.05, 0.1) is 17.9 Å². The lowest BCUT2D eigenvalue weighted by molar-refractivity contribution is -0.132. The first kappa shape index (κ1) is 15.6. The minimum absolute atomic E-state index is 0.0517. The van der Waals surface area contributed by atoms with Crippen LogP contribution in [0.5, 0.6) is 0 Å². The van der Waals surface area contributed by atoms with Crippen LogP contribution in [0.4, 0.5) is 0 Å². The number of hydrogen-bond donors (Lipinski definition) is 1. The van der Waals surface area contributed by atoms with Gasteiger partial charge in [0.2, 0.25) is 5.91 Å². The van der Waals surface area contributed by atoms with Crippen molar-refractivity contribution in [1.29, 1.82) is 0 Å². The molecule has 0 radical (unpaired) electrons. The summed E-state index contributed by atoms with van der Waals surface area (Å²) in [5.74, 6) is 0.160. The molecule has 0 saturated carbocycles. The number of pyridine rings is 1. The van der Waals surface area contributed by atoms with Crippen molar-refractivity contribution in [2.24, 2.45) is 0 Å². The molecule has 0 aromatic carbocycles. The van der Waals surface area contributed by atoms with Crippen molar-refractivity contribution < 1.29 is 4.79 Å². The van der Waals surface area contributed by atoms with Crippen LogP contribution >= 0.6 is 0 Å². The topological polar surface area (TPSA) is 79.7 Å². The summed E-state index contributed by atoms with van der Waals surface area (Å²) in [5, 5.41) is 11.5. The van der Waals surface area contributed by atoms with Crippen molar-refractivity contribution in [2.45, 2.75) is 31.8 Å². The van der Waals surface area contributed by atoms with Gasteiger partial charge in [0.25, 0.3) is 0 Å². The minimum Gasteiger partial charge on any atom is -0.334 e. The standard InChI is InChI=1S/C18H20N6O/c25-17(6-12-23-10-2-7-21-23)24-11-1-3-16(24)18-15(13-20-22-18)14-4-8-19-9-5-14/h2,4-5,7-10,13,16H,1,3,6,11-12H2,(H,20,22). The molecule has 4 heterocycles. The van der Waals surface area contributed by atoms with Crippen molar-refractivity contribution in [3.8, 4) is 11.1 Å². The zero-order valence-electron chi connectivity index (χ0n) is 13.9. The lowest BCUT2D eigenvalue weighted by atomic mass is 10.0. The van der Waals surface area contributed by atoms with Crippen LogP contribution in [-0.4, -0.2) is 42.3 Å². The highest BCUT2D eigenvalue weighted by atomic mass is 16.2. The molecule has 4 rings (SSSR count). The predicted molar refractivity (Wildman–Crippen MR) is 92.4 cm³/mol. The van der Waals surface area contributed by atoms with E-state index in [2.05, 4.69) is 20.3 Å². The van der Waals surface area contributed by atoms with E-state index < -0.39 is 0 Å². The molecule has 1 N–H and O–H groups in total. The molecule has 1 atom stereocenters. The van der Waals surface area contributed by atoms with Gasteiger partial charge in [-0.3, -0.25) is 19.6 Å². The van der Waals surface area contributed by atoms with Crippen LogP contribution in [0.15, 0.2) is 49.2 Å². The van der Waals surface area contributed by atoms with E-state index >= 15 is 0 Å². The lowest BCUT2D eigenvalue weighted by Gasteiger charge is -2.25. The van der Waals surface area contributed by atoms with Gasteiger partial charge in [-0.2, -0.15) is 10.2 Å². The molecule has 128 valence electrons. The summed E-state index contributed by atoms with van der Waals surface area (Å²) < 4.78 is 1.79. The zero-order valence-corrected chi connectivity index (χ0v) is 13.9.